The van der Waals surface area contributed by atoms with E-state index in [9.17, 15) is 13.9 Å². The minimum Gasteiger partial charge on any atom is -0.392 e. The van der Waals surface area contributed by atoms with Gasteiger partial charge in [-0.1, -0.05) is 34.1 Å². The van der Waals surface area contributed by atoms with E-state index < -0.39 is 6.10 Å². The van der Waals surface area contributed by atoms with Crippen LogP contribution in [0.2, 0.25) is 0 Å². The molecule has 106 valence electrons. The first kappa shape index (κ1) is 15.5. The Morgan fingerprint density at radius 1 is 1.10 bits per heavy atom. The topological polar surface area (TPSA) is 20.2 Å². The van der Waals surface area contributed by atoms with Gasteiger partial charge in [0.1, 0.15) is 11.6 Å². The average Bonchev–Trinajstić information content (AvgIpc) is 2.41. The lowest BCUT2D eigenvalue weighted by molar-refractivity contribution is 0.198. The highest BCUT2D eigenvalue weighted by molar-refractivity contribution is 9.10. The summed E-state index contributed by atoms with van der Waals surface area (Å²) in [5, 5.41) is 9.93. The van der Waals surface area contributed by atoms with Crippen molar-refractivity contribution in [1.29, 1.82) is 0 Å². The van der Waals surface area contributed by atoms with E-state index in [1.165, 1.54) is 23.9 Å². The van der Waals surface area contributed by atoms with Crippen LogP contribution in [0.4, 0.5) is 8.78 Å². The number of hydrogen-bond acceptors (Lipinski definition) is 2. The van der Waals surface area contributed by atoms with Crippen LogP contribution in [0.5, 0.6) is 0 Å². The Morgan fingerprint density at radius 2 is 1.85 bits per heavy atom. The number of rotatable bonds is 5. The Bertz CT molecular complexity index is 592. The molecular weight excluding hydrogens is 346 g/mol. The zero-order valence-electron chi connectivity index (χ0n) is 10.5. The summed E-state index contributed by atoms with van der Waals surface area (Å²) >= 11 is 4.41. The van der Waals surface area contributed by atoms with Crippen LogP contribution in [0.25, 0.3) is 0 Å². The van der Waals surface area contributed by atoms with E-state index in [0.717, 1.165) is 0 Å². The minimum absolute atomic E-state index is 0.209. The molecule has 0 amide bonds. The summed E-state index contributed by atoms with van der Waals surface area (Å²) in [5.41, 5.74) is 0.454. The van der Waals surface area contributed by atoms with Crippen LogP contribution in [0.1, 0.15) is 5.56 Å². The first-order valence-electron chi connectivity index (χ1n) is 6.05. The first-order valence-corrected chi connectivity index (χ1v) is 7.83. The lowest BCUT2D eigenvalue weighted by Gasteiger charge is -2.11. The van der Waals surface area contributed by atoms with Crippen LogP contribution in [0.3, 0.4) is 0 Å². The third-order valence-corrected chi connectivity index (χ3v) is 4.43. The molecule has 5 heteroatoms. The third-order valence-electron chi connectivity index (χ3n) is 2.74. The van der Waals surface area contributed by atoms with Crippen molar-refractivity contribution in [3.8, 4) is 0 Å². The maximum absolute atomic E-state index is 13.6. The van der Waals surface area contributed by atoms with Gasteiger partial charge in [0.15, 0.2) is 0 Å². The van der Waals surface area contributed by atoms with Gasteiger partial charge in [-0.15, -0.1) is 11.8 Å². The predicted octanol–water partition coefficient (Wildman–Crippen LogP) is 4.42. The number of thioether (sulfide) groups is 1. The lowest BCUT2D eigenvalue weighted by atomic mass is 10.1. The highest BCUT2D eigenvalue weighted by atomic mass is 79.9. The van der Waals surface area contributed by atoms with E-state index in [0.29, 0.717) is 20.7 Å². The van der Waals surface area contributed by atoms with Gasteiger partial charge in [0, 0.05) is 21.5 Å². The van der Waals surface area contributed by atoms with Gasteiger partial charge in [0.25, 0.3) is 0 Å². The molecule has 0 saturated heterocycles. The fraction of sp³-hybridized carbons (Fsp3) is 0.200. The highest BCUT2D eigenvalue weighted by Crippen LogP contribution is 2.23. The third kappa shape index (κ3) is 4.30. The maximum atomic E-state index is 13.6. The van der Waals surface area contributed by atoms with E-state index in [4.69, 9.17) is 0 Å². The lowest BCUT2D eigenvalue weighted by Crippen LogP contribution is -2.14. The van der Waals surface area contributed by atoms with Crippen LogP contribution in [-0.2, 0) is 6.42 Å². The minimum atomic E-state index is -0.727. The predicted molar refractivity (Wildman–Crippen MR) is 80.9 cm³/mol. The monoisotopic (exact) mass is 358 g/mol. The molecule has 1 unspecified atom stereocenters. The van der Waals surface area contributed by atoms with Gasteiger partial charge >= 0.3 is 0 Å². The van der Waals surface area contributed by atoms with Gasteiger partial charge in [-0.25, -0.2) is 8.78 Å². The Kier molecular flexibility index (Phi) is 5.57. The maximum Gasteiger partial charge on any atom is 0.136 e. The molecule has 0 aliphatic carbocycles. The zero-order chi connectivity index (χ0) is 14.5. The summed E-state index contributed by atoms with van der Waals surface area (Å²) in [7, 11) is 0. The number of hydrogen-bond donors (Lipinski definition) is 1. The van der Waals surface area contributed by atoms with Crippen molar-refractivity contribution in [2.24, 2.45) is 0 Å². The molecule has 2 aromatic rings. The number of halogens is 3. The molecule has 1 N–H and O–H groups in total. The molecule has 1 atom stereocenters. The number of aliphatic hydroxyl groups excluding tert-OH is 1. The van der Waals surface area contributed by atoms with Gasteiger partial charge in [0.2, 0.25) is 0 Å². The largest absolute Gasteiger partial charge is 0.392 e. The van der Waals surface area contributed by atoms with Gasteiger partial charge in [-0.05, 0) is 29.8 Å². The SMILES string of the molecule is OC(CSc1ccccc1F)Cc1ccc(Br)cc1F. The van der Waals surface area contributed by atoms with Gasteiger partial charge in [-0.3, -0.25) is 0 Å². The molecule has 0 aliphatic rings. The fourth-order valence-electron chi connectivity index (χ4n) is 1.75. The van der Waals surface area contributed by atoms with Crippen molar-refractivity contribution < 1.29 is 13.9 Å². The molecule has 0 aromatic heterocycles. The molecule has 1 nitrogen and oxygen atoms in total. The second-order valence-electron chi connectivity index (χ2n) is 4.34. The summed E-state index contributed by atoms with van der Waals surface area (Å²) < 4.78 is 27.7. The van der Waals surface area contributed by atoms with Crippen LogP contribution in [0.15, 0.2) is 51.8 Å². The summed E-state index contributed by atoms with van der Waals surface area (Å²) in [6.07, 6.45) is -0.518. The van der Waals surface area contributed by atoms with E-state index in [2.05, 4.69) is 15.9 Å². The van der Waals surface area contributed by atoms with Crippen LogP contribution in [0, 0.1) is 11.6 Å². The van der Waals surface area contributed by atoms with Crippen molar-refractivity contribution in [1.82, 2.24) is 0 Å². The smallest absolute Gasteiger partial charge is 0.136 e. The molecule has 0 fully saturated rings. The molecule has 2 aromatic carbocycles. The molecule has 2 rings (SSSR count). The molecule has 0 saturated carbocycles. The van der Waals surface area contributed by atoms with Crippen molar-refractivity contribution >= 4 is 27.7 Å². The van der Waals surface area contributed by atoms with Gasteiger partial charge in [-0.2, -0.15) is 0 Å². The van der Waals surface area contributed by atoms with Crippen LogP contribution in [-0.4, -0.2) is 17.0 Å². The van der Waals surface area contributed by atoms with E-state index in [1.807, 2.05) is 0 Å². The van der Waals surface area contributed by atoms with Crippen LogP contribution < -0.4 is 0 Å². The normalized spacial score (nSPS) is 12.4. The van der Waals surface area contributed by atoms with Crippen molar-refractivity contribution in [2.75, 3.05) is 5.75 Å². The second kappa shape index (κ2) is 7.20. The van der Waals surface area contributed by atoms with E-state index in [1.54, 1.807) is 30.3 Å². The standard InChI is InChI=1S/C15H13BrF2OS/c16-11-6-5-10(14(18)8-11)7-12(19)9-20-15-4-2-1-3-13(15)17/h1-6,8,12,19H,7,9H2. The summed E-state index contributed by atoms with van der Waals surface area (Å²) in [5.74, 6) is -0.343. The number of benzene rings is 2. The van der Waals surface area contributed by atoms with Crippen molar-refractivity contribution in [2.45, 2.75) is 17.4 Å². The second-order valence-corrected chi connectivity index (χ2v) is 6.31. The van der Waals surface area contributed by atoms with Gasteiger partial charge < -0.3 is 5.11 Å². The molecule has 0 heterocycles. The Balaban J connectivity index is 1.92. The zero-order valence-corrected chi connectivity index (χ0v) is 12.9. The van der Waals surface area contributed by atoms with Crippen LogP contribution >= 0.6 is 27.7 Å². The van der Waals surface area contributed by atoms with Crippen molar-refractivity contribution in [3.05, 3.63) is 64.1 Å². The Labute approximate surface area is 129 Å². The molecule has 0 aliphatic heterocycles. The molecule has 20 heavy (non-hydrogen) atoms. The quantitative estimate of drug-likeness (QED) is 0.798. The molecule has 0 bridgehead atoms. The number of aliphatic hydroxyl groups is 1. The molecule has 0 spiro atoms. The van der Waals surface area contributed by atoms with E-state index in [-0.39, 0.29) is 18.1 Å². The summed E-state index contributed by atoms with van der Waals surface area (Å²) in [4.78, 5) is 0.489. The molecule has 0 radical (unpaired) electrons. The summed E-state index contributed by atoms with van der Waals surface area (Å²) in [6.45, 7) is 0. The summed E-state index contributed by atoms with van der Waals surface area (Å²) in [6, 6.07) is 11.1. The van der Waals surface area contributed by atoms with Crippen molar-refractivity contribution in [3.63, 3.8) is 0 Å². The average molecular weight is 359 g/mol. The first-order chi connectivity index (χ1) is 9.56. The fourth-order valence-corrected chi connectivity index (χ4v) is 2.95. The molecular formula is C15H13BrF2OS. The van der Waals surface area contributed by atoms with E-state index >= 15 is 0 Å². The Hall–Kier alpha value is -0.910. The van der Waals surface area contributed by atoms with Gasteiger partial charge in [0.05, 0.1) is 6.10 Å². The highest BCUT2D eigenvalue weighted by Gasteiger charge is 2.11. The Morgan fingerprint density at radius 3 is 2.55 bits per heavy atom.